The smallest absolute Gasteiger partial charge is 0.196 e. The van der Waals surface area contributed by atoms with Crippen molar-refractivity contribution in [3.63, 3.8) is 0 Å². The number of halogens is 1. The van der Waals surface area contributed by atoms with Crippen molar-refractivity contribution in [2.75, 3.05) is 4.90 Å². The highest BCUT2D eigenvalue weighted by atomic mass is 19.1. The van der Waals surface area contributed by atoms with Crippen LogP contribution in [0.3, 0.4) is 0 Å². The van der Waals surface area contributed by atoms with Gasteiger partial charge < -0.3 is 4.90 Å². The summed E-state index contributed by atoms with van der Waals surface area (Å²) in [5, 5.41) is 0. The lowest BCUT2D eigenvalue weighted by Crippen LogP contribution is -2.20. The van der Waals surface area contributed by atoms with E-state index in [1.54, 1.807) is 6.07 Å². The minimum Gasteiger partial charge on any atom is -0.310 e. The predicted octanol–water partition coefficient (Wildman–Crippen LogP) is 11.0. The SMILES string of the molecule is C\C=C/C=C\C=C\C/C=C\C(=C/C)N(c1ccc2c(c1)C(C)(C)c1ccccc1-2)c1cccc2c1C(=O)c1cc(F)ccc1-2. The molecule has 0 amide bonds. The van der Waals surface area contributed by atoms with Crippen LogP contribution in [-0.4, -0.2) is 5.78 Å². The third-order valence-electron chi connectivity index (χ3n) is 8.63. The Hall–Kier alpha value is -5.02. The summed E-state index contributed by atoms with van der Waals surface area (Å²) in [6, 6.07) is 25.7. The highest BCUT2D eigenvalue weighted by Gasteiger charge is 2.37. The Balaban J connectivity index is 1.47. The van der Waals surface area contributed by atoms with E-state index in [0.717, 1.165) is 34.6 Å². The molecule has 0 saturated heterocycles. The highest BCUT2D eigenvalue weighted by Crippen LogP contribution is 2.51. The van der Waals surface area contributed by atoms with Gasteiger partial charge in [0.2, 0.25) is 0 Å². The maximum atomic E-state index is 14.3. The van der Waals surface area contributed by atoms with Crippen molar-refractivity contribution < 1.29 is 9.18 Å². The van der Waals surface area contributed by atoms with Gasteiger partial charge in [0.25, 0.3) is 0 Å². The number of anilines is 2. The Morgan fingerprint density at radius 2 is 1.50 bits per heavy atom. The van der Waals surface area contributed by atoms with Crippen LogP contribution in [0, 0.1) is 5.82 Å². The van der Waals surface area contributed by atoms with Gasteiger partial charge in [-0.25, -0.2) is 4.39 Å². The average Bonchev–Trinajstić information content (AvgIpc) is 3.44. The first kappa shape index (κ1) is 29.1. The van der Waals surface area contributed by atoms with Crippen molar-refractivity contribution in [1.29, 1.82) is 0 Å². The number of hydrogen-bond donors (Lipinski definition) is 0. The Morgan fingerprint density at radius 3 is 2.32 bits per heavy atom. The molecule has 0 bridgehead atoms. The lowest BCUT2D eigenvalue weighted by Gasteiger charge is -2.30. The van der Waals surface area contributed by atoms with E-state index >= 15 is 0 Å². The highest BCUT2D eigenvalue weighted by molar-refractivity contribution is 6.24. The molecule has 6 rings (SSSR count). The number of carbonyl (C=O) groups is 1. The number of benzene rings is 4. The Bertz CT molecular complexity index is 1920. The normalized spacial score (nSPS) is 15.0. The molecule has 0 atom stereocenters. The molecule has 2 aliphatic rings. The zero-order valence-electron chi connectivity index (χ0n) is 25.6. The summed E-state index contributed by atoms with van der Waals surface area (Å²) >= 11 is 0. The van der Waals surface area contributed by atoms with Gasteiger partial charge in [0.1, 0.15) is 5.82 Å². The number of allylic oxidation sites excluding steroid dienone is 9. The molecule has 218 valence electrons. The predicted molar refractivity (Wildman–Crippen MR) is 182 cm³/mol. The van der Waals surface area contributed by atoms with Crippen LogP contribution in [0.15, 0.2) is 139 Å². The van der Waals surface area contributed by atoms with Crippen molar-refractivity contribution in [3.8, 4) is 22.3 Å². The van der Waals surface area contributed by atoms with Crippen LogP contribution in [0.2, 0.25) is 0 Å². The molecule has 4 aromatic rings. The van der Waals surface area contributed by atoms with E-state index in [4.69, 9.17) is 0 Å². The summed E-state index contributed by atoms with van der Waals surface area (Å²) in [7, 11) is 0. The first-order valence-electron chi connectivity index (χ1n) is 15.2. The first-order valence-corrected chi connectivity index (χ1v) is 15.2. The molecule has 3 heteroatoms. The monoisotopic (exact) mass is 577 g/mol. The summed E-state index contributed by atoms with van der Waals surface area (Å²) in [4.78, 5) is 16.1. The molecule has 4 aromatic carbocycles. The summed E-state index contributed by atoms with van der Waals surface area (Å²) in [6.07, 6.45) is 19.2. The summed E-state index contributed by atoms with van der Waals surface area (Å²) < 4.78 is 14.3. The van der Waals surface area contributed by atoms with Crippen LogP contribution in [0.25, 0.3) is 22.3 Å². The fourth-order valence-electron chi connectivity index (χ4n) is 6.49. The topological polar surface area (TPSA) is 20.3 Å². The molecule has 0 radical (unpaired) electrons. The van der Waals surface area contributed by atoms with Gasteiger partial charge in [-0.1, -0.05) is 111 Å². The first-order chi connectivity index (χ1) is 21.4. The van der Waals surface area contributed by atoms with Gasteiger partial charge in [-0.05, 0) is 90.1 Å². The molecular formula is C41H36FNO. The third kappa shape index (κ3) is 4.99. The lowest BCUT2D eigenvalue weighted by molar-refractivity contribution is 0.104. The summed E-state index contributed by atoms with van der Waals surface area (Å²) in [5.41, 5.74) is 10.2. The average molecular weight is 578 g/mol. The van der Waals surface area contributed by atoms with E-state index in [-0.39, 0.29) is 11.2 Å². The van der Waals surface area contributed by atoms with Crippen molar-refractivity contribution in [2.24, 2.45) is 0 Å². The van der Waals surface area contributed by atoms with Gasteiger partial charge in [0.05, 0.1) is 11.3 Å². The molecular weight excluding hydrogens is 541 g/mol. The van der Waals surface area contributed by atoms with Crippen LogP contribution < -0.4 is 4.90 Å². The number of fused-ring (bicyclic) bond motifs is 6. The van der Waals surface area contributed by atoms with Crippen molar-refractivity contribution in [3.05, 3.63) is 167 Å². The zero-order chi connectivity index (χ0) is 30.8. The lowest BCUT2D eigenvalue weighted by atomic mass is 9.82. The molecule has 44 heavy (non-hydrogen) atoms. The minimum atomic E-state index is -0.408. The molecule has 0 heterocycles. The summed E-state index contributed by atoms with van der Waals surface area (Å²) in [6.45, 7) is 8.56. The van der Waals surface area contributed by atoms with Gasteiger partial charge in [-0.15, -0.1) is 0 Å². The molecule has 0 N–H and O–H groups in total. The van der Waals surface area contributed by atoms with E-state index in [0.29, 0.717) is 11.1 Å². The maximum absolute atomic E-state index is 14.3. The molecule has 0 aromatic heterocycles. The second-order valence-corrected chi connectivity index (χ2v) is 11.6. The van der Waals surface area contributed by atoms with Gasteiger partial charge in [-0.2, -0.15) is 0 Å². The van der Waals surface area contributed by atoms with Gasteiger partial charge in [0.15, 0.2) is 5.78 Å². The molecule has 2 nitrogen and oxygen atoms in total. The Kier molecular flexibility index (Phi) is 7.88. The number of hydrogen-bond acceptors (Lipinski definition) is 2. The van der Waals surface area contributed by atoms with Crippen LogP contribution in [0.5, 0.6) is 0 Å². The molecule has 0 unspecified atom stereocenters. The van der Waals surface area contributed by atoms with Crippen molar-refractivity contribution in [2.45, 2.75) is 39.5 Å². The minimum absolute atomic E-state index is 0.153. The fourth-order valence-corrected chi connectivity index (χ4v) is 6.49. The number of carbonyl (C=O) groups excluding carboxylic acids is 1. The van der Waals surface area contributed by atoms with Crippen LogP contribution in [0.4, 0.5) is 15.8 Å². The van der Waals surface area contributed by atoms with Crippen molar-refractivity contribution >= 4 is 17.2 Å². The van der Waals surface area contributed by atoms with Crippen LogP contribution in [0.1, 0.15) is 61.2 Å². The maximum Gasteiger partial charge on any atom is 0.196 e. The van der Waals surface area contributed by atoms with Gasteiger partial charge in [0, 0.05) is 22.4 Å². The Labute approximate surface area is 259 Å². The summed E-state index contributed by atoms with van der Waals surface area (Å²) in [5.74, 6) is -0.561. The largest absolute Gasteiger partial charge is 0.310 e. The molecule has 2 aliphatic carbocycles. The Morgan fingerprint density at radius 1 is 0.750 bits per heavy atom. The quantitative estimate of drug-likeness (QED) is 0.171. The van der Waals surface area contributed by atoms with E-state index in [1.807, 2.05) is 62.4 Å². The third-order valence-corrected chi connectivity index (χ3v) is 8.63. The molecule has 0 fully saturated rings. The molecule has 0 spiro atoms. The second-order valence-electron chi connectivity index (χ2n) is 11.6. The van der Waals surface area contributed by atoms with E-state index in [9.17, 15) is 9.18 Å². The van der Waals surface area contributed by atoms with E-state index < -0.39 is 5.82 Å². The standard InChI is InChI=1S/C41H36FNO/c1-5-7-8-9-10-11-12-13-17-29(6-2)43(30-23-25-33-32-18-14-15-20-36(32)41(3,4)37(33)27-30)38-21-16-19-34-31-24-22-28(42)26-35(31)40(44)39(34)38/h5-11,13-27H,12H2,1-4H3/b7-5-,9-8-,11-10+,17-13-,29-6+. The van der Waals surface area contributed by atoms with Crippen LogP contribution in [-0.2, 0) is 5.41 Å². The van der Waals surface area contributed by atoms with Gasteiger partial charge >= 0.3 is 0 Å². The van der Waals surface area contributed by atoms with Gasteiger partial charge in [-0.3, -0.25) is 4.79 Å². The number of ketones is 1. The number of nitrogens with zero attached hydrogens (tertiary/aromatic N) is 1. The van der Waals surface area contributed by atoms with Crippen molar-refractivity contribution in [1.82, 2.24) is 0 Å². The van der Waals surface area contributed by atoms with E-state index in [1.165, 1.54) is 34.4 Å². The van der Waals surface area contributed by atoms with E-state index in [2.05, 4.69) is 85.5 Å². The molecule has 0 aliphatic heterocycles. The zero-order valence-corrected chi connectivity index (χ0v) is 25.6. The second kappa shape index (κ2) is 11.9. The molecule has 0 saturated carbocycles. The fraction of sp³-hybridized carbons (Fsp3) is 0.146. The van der Waals surface area contributed by atoms with Crippen LogP contribution >= 0.6 is 0 Å². The number of rotatable bonds is 8.